The second-order valence-corrected chi connectivity index (χ2v) is 10.5. The summed E-state index contributed by atoms with van der Waals surface area (Å²) in [7, 11) is -3.87. The molecule has 192 valence electrons. The lowest BCUT2D eigenvalue weighted by atomic mass is 9.97. The van der Waals surface area contributed by atoms with Gasteiger partial charge in [0.1, 0.15) is 12.1 Å². The maximum absolute atomic E-state index is 13.0. The fourth-order valence-corrected chi connectivity index (χ4v) is 5.14. The minimum Gasteiger partial charge on any atom is -0.356 e. The summed E-state index contributed by atoms with van der Waals surface area (Å²) in [5.74, 6) is 1.08. The second kappa shape index (κ2) is 10.0. The standard InChI is InChI=1S/C24H26N8O4S/c1-16-17(2)29-36-24(16)30-37(34,35)20-8-6-19(7-9-20)28-23(33)18-5-3-11-31(14-18)21-13-22(26-15-25-21)32-12-4-10-27-32/h4,6-10,12-13,15,18,30H,3,5,11,14H2,1-2H3,(H,28,33). The van der Waals surface area contributed by atoms with E-state index < -0.39 is 10.0 Å². The van der Waals surface area contributed by atoms with Crippen molar-refractivity contribution < 1.29 is 17.7 Å². The fourth-order valence-electron chi connectivity index (χ4n) is 4.09. The number of piperidine rings is 1. The van der Waals surface area contributed by atoms with Gasteiger partial charge in [0.15, 0.2) is 5.82 Å². The summed E-state index contributed by atoms with van der Waals surface area (Å²) < 4.78 is 34.5. The number of nitrogens with one attached hydrogen (secondary N) is 2. The van der Waals surface area contributed by atoms with Crippen LogP contribution < -0.4 is 14.9 Å². The summed E-state index contributed by atoms with van der Waals surface area (Å²) >= 11 is 0. The predicted octanol–water partition coefficient (Wildman–Crippen LogP) is 2.92. The second-order valence-electron chi connectivity index (χ2n) is 8.81. The molecule has 1 aliphatic heterocycles. The Hall–Kier alpha value is -4.26. The average Bonchev–Trinajstić information content (AvgIpc) is 3.56. The van der Waals surface area contributed by atoms with E-state index in [0.29, 0.717) is 29.3 Å². The lowest BCUT2D eigenvalue weighted by Gasteiger charge is -2.32. The minimum absolute atomic E-state index is 0.0412. The summed E-state index contributed by atoms with van der Waals surface area (Å²) in [6.45, 7) is 4.74. The number of amides is 1. The van der Waals surface area contributed by atoms with Crippen LogP contribution in [-0.4, -0.2) is 52.3 Å². The van der Waals surface area contributed by atoms with Crippen molar-refractivity contribution in [2.45, 2.75) is 31.6 Å². The molecule has 3 aromatic heterocycles. The van der Waals surface area contributed by atoms with Crippen molar-refractivity contribution in [3.05, 3.63) is 66.4 Å². The highest BCUT2D eigenvalue weighted by atomic mass is 32.2. The van der Waals surface area contributed by atoms with Gasteiger partial charge in [-0.2, -0.15) is 5.10 Å². The van der Waals surface area contributed by atoms with Gasteiger partial charge in [-0.05, 0) is 57.0 Å². The molecule has 0 saturated carbocycles. The van der Waals surface area contributed by atoms with Crippen molar-refractivity contribution in [3.8, 4) is 5.82 Å². The zero-order valence-corrected chi connectivity index (χ0v) is 21.1. The maximum atomic E-state index is 13.0. The van der Waals surface area contributed by atoms with Gasteiger partial charge in [0.05, 0.1) is 16.5 Å². The molecule has 4 heterocycles. The molecule has 1 atom stereocenters. The third-order valence-corrected chi connectivity index (χ3v) is 7.66. The molecule has 1 amide bonds. The summed E-state index contributed by atoms with van der Waals surface area (Å²) in [6, 6.07) is 9.66. The smallest absolute Gasteiger partial charge is 0.264 e. The molecule has 1 unspecified atom stereocenters. The lowest BCUT2D eigenvalue weighted by Crippen LogP contribution is -2.41. The number of hydrogen-bond donors (Lipinski definition) is 2. The summed E-state index contributed by atoms with van der Waals surface area (Å²) in [6.07, 6.45) is 6.56. The van der Waals surface area contributed by atoms with Crippen LogP contribution in [0, 0.1) is 19.8 Å². The first-order valence-corrected chi connectivity index (χ1v) is 13.2. The fraction of sp³-hybridized carbons (Fsp3) is 0.292. The van der Waals surface area contributed by atoms with Crippen LogP contribution in [-0.2, 0) is 14.8 Å². The van der Waals surface area contributed by atoms with Crippen LogP contribution in [0.3, 0.4) is 0 Å². The number of rotatable bonds is 7. The van der Waals surface area contributed by atoms with Gasteiger partial charge < -0.3 is 14.7 Å². The molecule has 0 bridgehead atoms. The molecule has 4 aromatic rings. The van der Waals surface area contributed by atoms with Gasteiger partial charge in [-0.3, -0.25) is 4.79 Å². The molecule has 5 rings (SSSR count). The average molecular weight is 523 g/mol. The number of carbonyl (C=O) groups is 1. The summed E-state index contributed by atoms with van der Waals surface area (Å²) in [4.78, 5) is 23.8. The van der Waals surface area contributed by atoms with Crippen LogP contribution >= 0.6 is 0 Å². The Morgan fingerprint density at radius 1 is 1.14 bits per heavy atom. The molecule has 1 fully saturated rings. The normalized spacial score (nSPS) is 15.9. The van der Waals surface area contributed by atoms with Gasteiger partial charge >= 0.3 is 0 Å². The molecule has 1 saturated heterocycles. The van der Waals surface area contributed by atoms with Crippen molar-refractivity contribution in [1.82, 2.24) is 24.9 Å². The lowest BCUT2D eigenvalue weighted by molar-refractivity contribution is -0.120. The monoisotopic (exact) mass is 522 g/mol. The number of aryl methyl sites for hydroxylation is 1. The Labute approximate surface area is 213 Å². The molecule has 1 aliphatic rings. The van der Waals surface area contributed by atoms with Gasteiger partial charge in [0.2, 0.25) is 11.8 Å². The van der Waals surface area contributed by atoms with E-state index in [1.807, 2.05) is 12.1 Å². The first kappa shape index (κ1) is 24.4. The molecule has 2 N–H and O–H groups in total. The molecule has 13 heteroatoms. The van der Waals surface area contributed by atoms with Crippen LogP contribution in [0.5, 0.6) is 0 Å². The van der Waals surface area contributed by atoms with Gasteiger partial charge in [-0.25, -0.2) is 27.8 Å². The van der Waals surface area contributed by atoms with Crippen molar-refractivity contribution in [2.24, 2.45) is 5.92 Å². The van der Waals surface area contributed by atoms with Crippen molar-refractivity contribution in [1.29, 1.82) is 0 Å². The molecule has 0 aliphatic carbocycles. The number of aromatic nitrogens is 5. The van der Waals surface area contributed by atoms with Crippen LogP contribution in [0.1, 0.15) is 24.1 Å². The molecule has 0 radical (unpaired) electrons. The topological polar surface area (TPSA) is 148 Å². The SMILES string of the molecule is Cc1noc(NS(=O)(=O)c2ccc(NC(=O)C3CCCN(c4cc(-n5cccn5)ncn4)C3)cc2)c1C. The first-order valence-electron chi connectivity index (χ1n) is 11.7. The Bertz CT molecular complexity index is 1500. The Morgan fingerprint density at radius 3 is 2.62 bits per heavy atom. The van der Waals surface area contributed by atoms with E-state index in [-0.39, 0.29) is 22.6 Å². The van der Waals surface area contributed by atoms with Gasteiger partial charge in [-0.1, -0.05) is 5.16 Å². The highest BCUT2D eigenvalue weighted by Gasteiger charge is 2.27. The Kier molecular flexibility index (Phi) is 6.61. The number of hydrogen-bond acceptors (Lipinski definition) is 9. The van der Waals surface area contributed by atoms with E-state index in [1.165, 1.54) is 18.5 Å². The largest absolute Gasteiger partial charge is 0.356 e. The third kappa shape index (κ3) is 5.31. The molecular weight excluding hydrogens is 496 g/mol. The highest BCUT2D eigenvalue weighted by Crippen LogP contribution is 2.25. The number of nitrogens with zero attached hydrogens (tertiary/aromatic N) is 6. The van der Waals surface area contributed by atoms with Crippen molar-refractivity contribution in [3.63, 3.8) is 0 Å². The van der Waals surface area contributed by atoms with Gasteiger partial charge in [0.25, 0.3) is 10.0 Å². The zero-order chi connectivity index (χ0) is 26.0. The van der Waals surface area contributed by atoms with E-state index in [9.17, 15) is 13.2 Å². The zero-order valence-electron chi connectivity index (χ0n) is 20.3. The van der Waals surface area contributed by atoms with E-state index >= 15 is 0 Å². The van der Waals surface area contributed by atoms with Gasteiger partial charge in [0, 0.05) is 42.8 Å². The minimum atomic E-state index is -3.87. The highest BCUT2D eigenvalue weighted by molar-refractivity contribution is 7.92. The van der Waals surface area contributed by atoms with Crippen LogP contribution in [0.25, 0.3) is 5.82 Å². The Morgan fingerprint density at radius 2 is 1.92 bits per heavy atom. The summed E-state index contributed by atoms with van der Waals surface area (Å²) in [5, 5.41) is 10.9. The molecule has 0 spiro atoms. The van der Waals surface area contributed by atoms with Crippen molar-refractivity contribution in [2.75, 3.05) is 28.0 Å². The number of anilines is 3. The third-order valence-electron chi connectivity index (χ3n) is 6.31. The predicted molar refractivity (Wildman–Crippen MR) is 136 cm³/mol. The van der Waals surface area contributed by atoms with Gasteiger partial charge in [-0.15, -0.1) is 0 Å². The number of benzene rings is 1. The van der Waals surface area contributed by atoms with Crippen LogP contribution in [0.2, 0.25) is 0 Å². The van der Waals surface area contributed by atoms with E-state index in [1.54, 1.807) is 43.1 Å². The molecule has 37 heavy (non-hydrogen) atoms. The molecular formula is C24H26N8O4S. The van der Waals surface area contributed by atoms with Crippen molar-refractivity contribution >= 4 is 33.3 Å². The molecule has 1 aromatic carbocycles. The van der Waals surface area contributed by atoms with E-state index in [2.05, 4.69) is 35.2 Å². The van der Waals surface area contributed by atoms with Crippen LogP contribution in [0.4, 0.5) is 17.4 Å². The summed E-state index contributed by atoms with van der Waals surface area (Å²) in [5.41, 5.74) is 1.74. The van der Waals surface area contributed by atoms with E-state index in [0.717, 1.165) is 25.2 Å². The number of carbonyl (C=O) groups excluding carboxylic acids is 1. The number of sulfonamides is 1. The molecule has 12 nitrogen and oxygen atoms in total. The Balaban J connectivity index is 1.23. The quantitative estimate of drug-likeness (QED) is 0.374. The van der Waals surface area contributed by atoms with Crippen LogP contribution in [0.15, 0.2) is 64.5 Å². The van der Waals surface area contributed by atoms with E-state index in [4.69, 9.17) is 4.52 Å². The first-order chi connectivity index (χ1) is 17.8. The maximum Gasteiger partial charge on any atom is 0.264 e.